The van der Waals surface area contributed by atoms with Crippen LogP contribution in [0.3, 0.4) is 0 Å². The summed E-state index contributed by atoms with van der Waals surface area (Å²) in [5, 5.41) is 27.6. The molecule has 0 unspecified atom stereocenters. The number of ether oxygens (including phenoxy) is 2. The summed E-state index contributed by atoms with van der Waals surface area (Å²) >= 11 is 0. The maximum Gasteiger partial charge on any atom is 0.256 e. The average molecular weight is 1840 g/mol. The number of fused-ring (bicyclic) bond motifs is 4. The van der Waals surface area contributed by atoms with Gasteiger partial charge < -0.3 is 57.7 Å². The number of amides is 4. The van der Waals surface area contributed by atoms with Gasteiger partial charge >= 0.3 is 0 Å². The van der Waals surface area contributed by atoms with Crippen molar-refractivity contribution in [2.24, 2.45) is 0 Å². The van der Waals surface area contributed by atoms with Gasteiger partial charge in [-0.1, -0.05) is 100 Å². The zero-order valence-electron chi connectivity index (χ0n) is 74.8. The minimum atomic E-state index is -0.534. The van der Waals surface area contributed by atoms with Gasteiger partial charge in [0.1, 0.15) is 42.3 Å². The topological polar surface area (TPSA) is 402 Å². The fraction of sp³-hybridized carbons (Fsp3) is 0.198. The highest BCUT2D eigenvalue weighted by molar-refractivity contribution is 7.59. The molecule has 35 heteroatoms. The predicted octanol–water partition coefficient (Wildman–Crippen LogP) is 15.8. The van der Waals surface area contributed by atoms with Crippen LogP contribution in [-0.2, 0) is 0 Å². The third-order valence-electron chi connectivity index (χ3n) is 21.1. The van der Waals surface area contributed by atoms with Crippen LogP contribution >= 0.6 is 54.0 Å². The van der Waals surface area contributed by atoms with Crippen molar-refractivity contribution in [3.8, 4) is 56.7 Å². The molecule has 0 fully saturated rings. The van der Waals surface area contributed by atoms with Crippen LogP contribution < -0.4 is 57.7 Å². The molecule has 12 heterocycles. The number of nitrogens with two attached hydrogens (primary N) is 1. The van der Waals surface area contributed by atoms with Gasteiger partial charge in [0.15, 0.2) is 5.75 Å². The van der Waals surface area contributed by atoms with Gasteiger partial charge in [0, 0.05) is 207 Å². The molecule has 0 saturated carbocycles. The summed E-state index contributed by atoms with van der Waals surface area (Å²) in [5.74, 6) is 2.87. The Balaban J connectivity index is 0.000000196. The normalized spacial score (nSPS) is 11.5. The molecule has 30 nitrogen and oxygen atoms in total. The first-order chi connectivity index (χ1) is 62.1. The van der Waals surface area contributed by atoms with E-state index in [4.69, 9.17) is 16.6 Å². The van der Waals surface area contributed by atoms with Gasteiger partial charge in [-0.3, -0.25) is 49.1 Å². The molecule has 0 aliphatic carbocycles. The number of carbonyl (C=O) groups is 4. The molecule has 0 spiro atoms. The van der Waals surface area contributed by atoms with Crippen LogP contribution in [0.4, 0.5) is 33.3 Å². The Bertz CT molecular complexity index is 6480. The van der Waals surface area contributed by atoms with Crippen molar-refractivity contribution in [1.29, 1.82) is 0 Å². The first-order valence-corrected chi connectivity index (χ1v) is 40.8. The Labute approximate surface area is 786 Å². The highest BCUT2D eigenvalue weighted by Gasteiger charge is 2.22. The summed E-state index contributed by atoms with van der Waals surface area (Å²) in [6, 6.07) is 52.0. The van der Waals surface area contributed by atoms with Crippen molar-refractivity contribution in [2.45, 2.75) is 58.3 Å². The lowest BCUT2D eigenvalue weighted by atomic mass is 9.96. The number of aryl methyl sites for hydroxylation is 1. The summed E-state index contributed by atoms with van der Waals surface area (Å²) in [7, 11) is 9.60. The monoisotopic (exact) mass is 1840 g/mol. The molecule has 0 aliphatic rings. The number of carbonyl (C=O) groups excluding carboxylic acids is 4. The highest BCUT2D eigenvalue weighted by atomic mass is 32.1. The van der Waals surface area contributed by atoms with Crippen LogP contribution in [0.2, 0.25) is 0 Å². The lowest BCUT2D eigenvalue weighted by Gasteiger charge is -2.17. The number of hydrogen-bond acceptors (Lipinski definition) is 26. The Morgan fingerprint density at radius 3 is 1.07 bits per heavy atom. The molecule has 0 radical (unpaired) electrons. The van der Waals surface area contributed by atoms with E-state index in [1.807, 2.05) is 122 Å². The van der Waals surface area contributed by atoms with E-state index in [-0.39, 0.29) is 107 Å². The molecule has 16 aromatic rings. The summed E-state index contributed by atoms with van der Waals surface area (Å²) in [4.78, 5) is 114. The van der Waals surface area contributed by atoms with Gasteiger partial charge in [-0.25, -0.2) is 44.9 Å². The van der Waals surface area contributed by atoms with Crippen LogP contribution in [0.1, 0.15) is 122 Å². The van der Waals surface area contributed by atoms with Gasteiger partial charge in [0.05, 0.1) is 82.7 Å². The van der Waals surface area contributed by atoms with Crippen molar-refractivity contribution < 1.29 is 34.4 Å². The van der Waals surface area contributed by atoms with Crippen LogP contribution in [0, 0.1) is 12.9 Å². The van der Waals surface area contributed by atoms with E-state index >= 15 is 0 Å². The summed E-state index contributed by atoms with van der Waals surface area (Å²) in [5.41, 5.74) is 23.4. The summed E-state index contributed by atoms with van der Waals surface area (Å²) in [6.07, 6.45) is 17.9. The van der Waals surface area contributed by atoms with E-state index in [1.165, 1.54) is 31.2 Å². The number of anilines is 5. The Morgan fingerprint density at radius 1 is 0.374 bits per heavy atom. The smallest absolute Gasteiger partial charge is 0.256 e. The fourth-order valence-corrected chi connectivity index (χ4v) is 14.3. The molecule has 4 atom stereocenters. The number of hydrogen-bond donors (Lipinski definition) is 9. The molecule has 4 aromatic carbocycles. The third kappa shape index (κ3) is 24.8. The molecule has 0 bridgehead atoms. The van der Waals surface area contributed by atoms with Gasteiger partial charge in [0.25, 0.3) is 29.5 Å². The van der Waals surface area contributed by atoms with Crippen LogP contribution in [0.5, 0.6) is 11.6 Å². The third-order valence-corrected chi connectivity index (χ3v) is 21.1. The van der Waals surface area contributed by atoms with Crippen molar-refractivity contribution in [1.82, 2.24) is 96.0 Å². The van der Waals surface area contributed by atoms with Crippen molar-refractivity contribution in [3.05, 3.63) is 301 Å². The van der Waals surface area contributed by atoms with E-state index in [2.05, 4.69) is 145 Å². The van der Waals surface area contributed by atoms with Crippen LogP contribution in [0.25, 0.3) is 88.6 Å². The number of rotatable bonds is 26. The van der Waals surface area contributed by atoms with Crippen LogP contribution in [0.15, 0.2) is 245 Å². The number of nitrogen functional groups attached to an aromatic ring is 1. The standard InChI is InChI=1S/C25H26N6O3.C25H25N5O.C23H21FN6O.C23H23N7O.4H2S/c1-15(17-6-5-7-18-19(24(32)26-2)8-9-27-23(17)18)12-28-22-11-20(30-14-31-22)16-10-21(33-3)25(34-4)29-13-16;1-16(20-5-4-6-21-22(25(31)26-3)10-12-28-24(20)21)14-30-19-9-11-27-23(13-19)18-8-7-17(2)29-15-18;2*1-14(16-4-3-5-17-18(23(31)25-2)8-9-26-22(16)17)11-28-21-10-19(29-13-30-21)15-6-7-20(24)27-12-15;;;;/h5-11,13-15H,12H2,1-4H3,(H,26,32)(H,28,30,31);4-13,15-16H,14H2,1-3H3,(H,26,31)(H,27,30);3-10,12-14H,11H2,1-2H3,(H,25,31)(H,28,29,30);3-10,12-14H,11H2,1-2H3,(H2,24,27)(H,25,31)(H,28,29,30);4*1H2/t15-;16-;2*14-;;;;/m1111..../s1/i;11D;;;;;;. The Hall–Kier alpha value is -14.7. The molecule has 674 valence electrons. The lowest BCUT2D eigenvalue weighted by Crippen LogP contribution is -2.18. The van der Waals surface area contributed by atoms with Gasteiger partial charge in [-0.05, 0) is 108 Å². The Kier molecular flexibility index (Phi) is 36.0. The number of benzene rings is 4. The van der Waals surface area contributed by atoms with Gasteiger partial charge in [-0.2, -0.15) is 58.4 Å². The number of methoxy groups -OCH3 is 2. The number of nitrogens with zero attached hydrogens (tertiary/aromatic N) is 15. The van der Waals surface area contributed by atoms with E-state index in [0.29, 0.717) is 106 Å². The van der Waals surface area contributed by atoms with Crippen molar-refractivity contribution in [2.75, 3.05) is 95.6 Å². The minimum Gasteiger partial charge on any atom is -0.491 e. The first-order valence-electron chi connectivity index (χ1n) is 41.3. The van der Waals surface area contributed by atoms with E-state index in [1.54, 1.807) is 134 Å². The number of aromatic nitrogens is 15. The molecule has 0 saturated heterocycles. The van der Waals surface area contributed by atoms with Crippen LogP contribution in [-0.4, -0.2) is 167 Å². The second-order valence-corrected chi connectivity index (χ2v) is 29.6. The first kappa shape index (κ1) is 98.5. The van der Waals surface area contributed by atoms with E-state index in [9.17, 15) is 23.6 Å². The average Bonchev–Trinajstić information content (AvgIpc) is 0.800. The molecule has 16 rings (SSSR count). The number of para-hydroxylation sites is 4. The molecular formula is C96H103FN24O6S4. The highest BCUT2D eigenvalue weighted by Crippen LogP contribution is 2.35. The quantitative estimate of drug-likeness (QED) is 0.0227. The zero-order valence-corrected chi connectivity index (χ0v) is 77.8. The molecule has 12 aromatic heterocycles. The largest absolute Gasteiger partial charge is 0.491 e. The number of pyridine rings is 9. The van der Waals surface area contributed by atoms with Gasteiger partial charge in [-0.15, -0.1) is 0 Å². The number of nitrogens with one attached hydrogen (secondary N) is 8. The molecule has 4 amide bonds. The maximum atomic E-state index is 13.1. The number of halogens is 1. The summed E-state index contributed by atoms with van der Waals surface area (Å²) < 4.78 is 31.7. The fourth-order valence-electron chi connectivity index (χ4n) is 14.3. The lowest BCUT2D eigenvalue weighted by molar-refractivity contribution is 0.0956. The van der Waals surface area contributed by atoms with Crippen molar-refractivity contribution in [3.63, 3.8) is 0 Å². The molecule has 10 N–H and O–H groups in total. The Morgan fingerprint density at radius 2 is 0.725 bits per heavy atom. The minimum absolute atomic E-state index is 0. The van der Waals surface area contributed by atoms with E-state index in [0.717, 1.165) is 99.6 Å². The van der Waals surface area contributed by atoms with Gasteiger partial charge in [0.2, 0.25) is 5.95 Å². The second-order valence-electron chi connectivity index (χ2n) is 29.6. The summed E-state index contributed by atoms with van der Waals surface area (Å²) in [6.45, 7) is 12.9. The SMILES string of the molecule is CNC(=O)c1ccnc2c([C@H](C)CNc3cc(-c4ccc(F)nc4)ncn3)cccc12.CNC(=O)c1ccnc2c([C@H](C)CNc3cc(-c4ccc(N)nc4)ncn3)cccc12.CNC(=O)c1ccnc2c([C@H](C)CNc3cc(-c4cnc(OC)c(OC)c4)ncn3)cccc12.S.S.S.S.[2H]c1cc(NC[C@@H](C)c2cccc3c(C(=O)NC)ccnc23)cc(-c2ccc(C)nc2)n1. The molecule has 131 heavy (non-hydrogen) atoms. The second kappa shape index (κ2) is 47.9. The zero-order chi connectivity index (χ0) is 90.3. The maximum absolute atomic E-state index is 13.1. The molecular weight excluding hydrogens is 1730 g/mol. The van der Waals surface area contributed by atoms with Crippen molar-refractivity contribution >= 4 is 150 Å². The molecule has 0 aliphatic heterocycles. The van der Waals surface area contributed by atoms with E-state index < -0.39 is 5.95 Å². The predicted molar refractivity (Wildman–Crippen MR) is 535 cm³/mol.